The number of para-hydroxylation sites is 3. The monoisotopic (exact) mass is 937 g/mol. The fourth-order valence-corrected chi connectivity index (χ4v) is 7.70. The van der Waals surface area contributed by atoms with Crippen LogP contribution in [-0.2, 0) is 25.5 Å². The fourth-order valence-electron chi connectivity index (χ4n) is 7.70. The quantitative estimate of drug-likeness (QED) is 0.161. The number of imidazole rings is 1. The molecule has 0 aliphatic carbocycles. The second-order valence-electron chi connectivity index (χ2n) is 16.3. The van der Waals surface area contributed by atoms with Crippen LogP contribution in [0.4, 0.5) is 0 Å². The summed E-state index contributed by atoms with van der Waals surface area (Å²) < 4.78 is 15.4. The van der Waals surface area contributed by atoms with Crippen LogP contribution in [0, 0.1) is 12.1 Å². The van der Waals surface area contributed by atoms with Crippen molar-refractivity contribution >= 4 is 54.8 Å². The predicted octanol–water partition coefficient (Wildman–Crippen LogP) is 13.8. The van der Waals surface area contributed by atoms with Crippen molar-refractivity contribution < 1.29 is 28.9 Å². The van der Waals surface area contributed by atoms with E-state index in [0.717, 1.165) is 83.4 Å². The first-order chi connectivity index (χ1) is 27.6. The van der Waals surface area contributed by atoms with Gasteiger partial charge in [-0.15, -0.1) is 54.1 Å². The second-order valence-corrected chi connectivity index (χ2v) is 16.3. The van der Waals surface area contributed by atoms with Gasteiger partial charge in [-0.1, -0.05) is 114 Å². The second kappa shape index (κ2) is 15.5. The van der Waals surface area contributed by atoms with E-state index in [2.05, 4.69) is 143 Å². The molecule has 4 heterocycles. The first kappa shape index (κ1) is 39.0. The van der Waals surface area contributed by atoms with E-state index in [1.807, 2.05) is 48.5 Å². The van der Waals surface area contributed by atoms with Crippen LogP contribution in [0.25, 0.3) is 83.2 Å². The minimum atomic E-state index is -0.181. The Hall–Kier alpha value is -5.88. The molecule has 0 N–H and O–H groups in total. The van der Waals surface area contributed by atoms with Crippen molar-refractivity contribution in [2.75, 3.05) is 0 Å². The minimum Gasteiger partial charge on any atom is -0.500 e. The van der Waals surface area contributed by atoms with E-state index < -0.39 is 0 Å². The van der Waals surface area contributed by atoms with Gasteiger partial charge >= 0.3 is 0 Å². The summed E-state index contributed by atoms with van der Waals surface area (Å²) in [5.41, 5.74) is 11.7. The molecule has 0 bridgehead atoms. The Bertz CT molecular complexity index is 3000. The molecule has 4 aromatic heterocycles. The Morgan fingerprint density at radius 1 is 0.638 bits per heavy atom. The number of benzene rings is 6. The number of rotatable bonds is 5. The Morgan fingerprint density at radius 2 is 1.38 bits per heavy atom. The molecule has 10 aromatic rings. The maximum Gasteiger partial charge on any atom is 0.200 e. The van der Waals surface area contributed by atoms with Crippen molar-refractivity contribution in [2.24, 2.45) is 0 Å². The number of hydrogen-bond acceptors (Lipinski definition) is 5. The van der Waals surface area contributed by atoms with Gasteiger partial charge < -0.3 is 18.4 Å². The average molecular weight is 937 g/mol. The number of oxazole rings is 1. The van der Waals surface area contributed by atoms with Crippen LogP contribution in [0.1, 0.15) is 77.3 Å². The SMILES string of the molecule is CC(C)c1cccc(C(C)C)c1-n1c(-c2[c-]ccc3c2oc2c4cc5nc(C(C)(C)C)oc5cc4ccc32)nc2ccccc21.[Ir].[c-]1ccccc1-c1ccccn1. The largest absolute Gasteiger partial charge is 0.500 e. The van der Waals surface area contributed by atoms with E-state index in [1.165, 1.54) is 16.8 Å². The summed E-state index contributed by atoms with van der Waals surface area (Å²) >= 11 is 0. The van der Waals surface area contributed by atoms with Gasteiger partial charge in [-0.05, 0) is 64.4 Å². The van der Waals surface area contributed by atoms with E-state index in [1.54, 1.807) is 6.20 Å². The van der Waals surface area contributed by atoms with Gasteiger partial charge in [0.05, 0.1) is 22.4 Å². The van der Waals surface area contributed by atoms with Gasteiger partial charge in [0, 0.05) is 48.2 Å². The van der Waals surface area contributed by atoms with Gasteiger partial charge in [0.1, 0.15) is 11.1 Å². The zero-order valence-electron chi connectivity index (χ0n) is 33.7. The molecule has 0 atom stereocenters. The van der Waals surface area contributed by atoms with Crippen LogP contribution in [-0.4, -0.2) is 19.5 Å². The van der Waals surface area contributed by atoms with Gasteiger partial charge in [-0.25, -0.2) is 4.98 Å². The van der Waals surface area contributed by atoms with Crippen molar-refractivity contribution in [2.45, 2.75) is 65.7 Å². The van der Waals surface area contributed by atoms with Crippen LogP contribution in [0.15, 0.2) is 136 Å². The summed E-state index contributed by atoms with van der Waals surface area (Å²) in [5, 5.41) is 4.16. The maximum atomic E-state index is 6.87. The molecule has 1 radical (unpaired) electrons. The molecule has 0 saturated heterocycles. The van der Waals surface area contributed by atoms with E-state index >= 15 is 0 Å². The Kier molecular flexibility index (Phi) is 10.4. The first-order valence-electron chi connectivity index (χ1n) is 19.7. The molecule has 291 valence electrons. The molecule has 7 heteroatoms. The molecule has 0 saturated carbocycles. The topological polar surface area (TPSA) is 69.9 Å². The summed E-state index contributed by atoms with van der Waals surface area (Å²) in [6.07, 6.45) is 1.79. The number of furan rings is 1. The number of aromatic nitrogens is 4. The Labute approximate surface area is 352 Å². The molecule has 10 rings (SSSR count). The Morgan fingerprint density at radius 3 is 2.09 bits per heavy atom. The van der Waals surface area contributed by atoms with Crippen LogP contribution in [0.3, 0.4) is 0 Å². The summed E-state index contributed by atoms with van der Waals surface area (Å²) in [5.74, 6) is 2.22. The first-order valence-corrected chi connectivity index (χ1v) is 19.7. The average Bonchev–Trinajstić information content (AvgIpc) is 3.94. The number of nitrogens with zero attached hydrogens (tertiary/aromatic N) is 4. The van der Waals surface area contributed by atoms with Crippen LogP contribution in [0.5, 0.6) is 0 Å². The van der Waals surface area contributed by atoms with E-state index in [0.29, 0.717) is 11.8 Å². The van der Waals surface area contributed by atoms with E-state index in [4.69, 9.17) is 18.8 Å². The van der Waals surface area contributed by atoms with Crippen molar-refractivity contribution in [3.63, 3.8) is 0 Å². The van der Waals surface area contributed by atoms with Crippen LogP contribution >= 0.6 is 0 Å². The summed E-state index contributed by atoms with van der Waals surface area (Å²) in [6, 6.07) is 48.0. The number of hydrogen-bond donors (Lipinski definition) is 0. The van der Waals surface area contributed by atoms with Crippen molar-refractivity contribution in [1.82, 2.24) is 19.5 Å². The molecular weight excluding hydrogens is 893 g/mol. The zero-order valence-corrected chi connectivity index (χ0v) is 36.1. The summed E-state index contributed by atoms with van der Waals surface area (Å²) in [7, 11) is 0. The summed E-state index contributed by atoms with van der Waals surface area (Å²) in [4.78, 5) is 14.3. The van der Waals surface area contributed by atoms with E-state index in [-0.39, 0.29) is 25.5 Å². The van der Waals surface area contributed by atoms with Gasteiger partial charge in [0.25, 0.3) is 0 Å². The molecule has 0 aliphatic rings. The normalized spacial score (nSPS) is 11.9. The van der Waals surface area contributed by atoms with Gasteiger partial charge in [0.2, 0.25) is 5.89 Å². The molecule has 0 aliphatic heterocycles. The third kappa shape index (κ3) is 6.93. The molecule has 0 amide bonds. The fraction of sp³-hybridized carbons (Fsp3) is 0.196. The predicted molar refractivity (Wildman–Crippen MR) is 233 cm³/mol. The molecule has 0 spiro atoms. The standard InChI is InChI=1S/C40H36N3O2.C11H8N.Ir/c1-22(2)25-12-10-13-26(23(3)4)35(25)43-33-17-9-8-16-31(33)41-38(43)29-15-11-14-27-28-19-18-24-20-34-32(42-39(44-34)40(5,6)7)21-30(24)37(28)45-36(27)29;1-2-6-10(7-3-1)11-8-4-5-9-12-11;/h8-14,16-23H,1-7H3;1-6,8-9H;/q2*-1;. The Balaban J connectivity index is 0.000000309. The zero-order chi connectivity index (χ0) is 39.4. The summed E-state index contributed by atoms with van der Waals surface area (Å²) in [6.45, 7) is 15.4. The molecule has 6 nitrogen and oxygen atoms in total. The smallest absolute Gasteiger partial charge is 0.200 e. The van der Waals surface area contributed by atoms with Crippen molar-refractivity contribution in [1.29, 1.82) is 0 Å². The van der Waals surface area contributed by atoms with Crippen molar-refractivity contribution in [3.05, 3.63) is 157 Å². The third-order valence-electron chi connectivity index (χ3n) is 10.6. The number of fused-ring (bicyclic) bond motifs is 7. The molecule has 6 aromatic carbocycles. The molecule has 0 unspecified atom stereocenters. The van der Waals surface area contributed by atoms with Crippen LogP contribution < -0.4 is 0 Å². The van der Waals surface area contributed by atoms with Gasteiger partial charge in [-0.3, -0.25) is 4.98 Å². The third-order valence-corrected chi connectivity index (χ3v) is 10.6. The van der Waals surface area contributed by atoms with Gasteiger partial charge in [0.15, 0.2) is 5.58 Å². The molecular formula is C51H44IrN4O2-2. The van der Waals surface area contributed by atoms with E-state index in [9.17, 15) is 0 Å². The van der Waals surface area contributed by atoms with Crippen LogP contribution in [0.2, 0.25) is 0 Å². The molecule has 58 heavy (non-hydrogen) atoms. The molecule has 0 fully saturated rings. The number of pyridine rings is 1. The minimum absolute atomic E-state index is 0. The van der Waals surface area contributed by atoms with Crippen molar-refractivity contribution in [3.8, 4) is 28.3 Å². The maximum absolute atomic E-state index is 6.87. The van der Waals surface area contributed by atoms with Gasteiger partial charge in [-0.2, -0.15) is 0 Å².